The highest BCUT2D eigenvalue weighted by molar-refractivity contribution is 6.04. The molecule has 0 saturated heterocycles. The largest absolute Gasteiger partial charge is 0.323 e. The van der Waals surface area contributed by atoms with Crippen LogP contribution in [0.4, 0.5) is 5.69 Å². The molecule has 0 saturated carbocycles. The molecule has 0 fully saturated rings. The Morgan fingerprint density at radius 2 is 1.28 bits per heavy atom. The van der Waals surface area contributed by atoms with E-state index in [1.54, 1.807) is 6.20 Å². The first kappa shape index (κ1) is 21.8. The SMILES string of the molecule is CC(C)(C)c1ccc(-c2ccc(C(C)(C)C(=O)Nc3cccc4cccnc34)cc2)cc1. The average Bonchev–Trinajstić information content (AvgIpc) is 2.79. The second-order valence-electron chi connectivity index (χ2n) is 9.86. The molecule has 0 unspecified atom stereocenters. The highest BCUT2D eigenvalue weighted by atomic mass is 16.2. The molecule has 0 aliphatic rings. The van der Waals surface area contributed by atoms with Gasteiger partial charge in [0.05, 0.1) is 16.6 Å². The number of anilines is 1. The molecule has 0 aliphatic heterocycles. The number of nitrogens with one attached hydrogen (secondary N) is 1. The van der Waals surface area contributed by atoms with E-state index in [2.05, 4.69) is 67.5 Å². The standard InChI is InChI=1S/C29H30N2O/c1-28(2,3)23-15-11-20(12-16-23)21-13-17-24(18-14-21)29(4,5)27(32)31-25-10-6-8-22-9-7-19-30-26(22)25/h6-19H,1-5H3,(H,31,32). The maximum Gasteiger partial charge on any atom is 0.234 e. The van der Waals surface area contributed by atoms with Gasteiger partial charge in [0.1, 0.15) is 0 Å². The van der Waals surface area contributed by atoms with Crippen molar-refractivity contribution in [1.29, 1.82) is 0 Å². The molecule has 3 heteroatoms. The zero-order chi connectivity index (χ0) is 22.9. The van der Waals surface area contributed by atoms with Crippen molar-refractivity contribution in [1.82, 2.24) is 4.98 Å². The molecule has 0 aliphatic carbocycles. The molecular weight excluding hydrogens is 392 g/mol. The van der Waals surface area contributed by atoms with Crippen molar-refractivity contribution in [2.75, 3.05) is 5.32 Å². The topological polar surface area (TPSA) is 42.0 Å². The van der Waals surface area contributed by atoms with Crippen molar-refractivity contribution in [3.63, 3.8) is 0 Å². The molecule has 32 heavy (non-hydrogen) atoms. The number of rotatable bonds is 4. The molecule has 1 amide bonds. The maximum atomic E-state index is 13.2. The second kappa shape index (κ2) is 8.23. The summed E-state index contributed by atoms with van der Waals surface area (Å²) in [7, 11) is 0. The molecule has 3 aromatic carbocycles. The summed E-state index contributed by atoms with van der Waals surface area (Å²) in [6.45, 7) is 10.6. The summed E-state index contributed by atoms with van der Waals surface area (Å²) in [4.78, 5) is 17.7. The van der Waals surface area contributed by atoms with E-state index < -0.39 is 5.41 Å². The first-order valence-electron chi connectivity index (χ1n) is 11.0. The fourth-order valence-corrected chi connectivity index (χ4v) is 3.86. The fourth-order valence-electron chi connectivity index (χ4n) is 3.86. The van der Waals surface area contributed by atoms with Gasteiger partial charge in [0.15, 0.2) is 0 Å². The molecule has 0 radical (unpaired) electrons. The summed E-state index contributed by atoms with van der Waals surface area (Å²) < 4.78 is 0. The lowest BCUT2D eigenvalue weighted by Crippen LogP contribution is -2.34. The number of hydrogen-bond donors (Lipinski definition) is 1. The average molecular weight is 423 g/mol. The van der Waals surface area contributed by atoms with Gasteiger partial charge in [-0.1, -0.05) is 87.5 Å². The highest BCUT2D eigenvalue weighted by Gasteiger charge is 2.30. The Balaban J connectivity index is 1.55. The van der Waals surface area contributed by atoms with E-state index >= 15 is 0 Å². The smallest absolute Gasteiger partial charge is 0.234 e. The third-order valence-electron chi connectivity index (χ3n) is 6.14. The van der Waals surface area contributed by atoms with Crippen LogP contribution in [-0.4, -0.2) is 10.9 Å². The van der Waals surface area contributed by atoms with Crippen LogP contribution < -0.4 is 5.32 Å². The number of carbonyl (C=O) groups excluding carboxylic acids is 1. The van der Waals surface area contributed by atoms with Crippen molar-refractivity contribution in [3.8, 4) is 11.1 Å². The highest BCUT2D eigenvalue weighted by Crippen LogP contribution is 2.30. The van der Waals surface area contributed by atoms with Gasteiger partial charge in [-0.25, -0.2) is 0 Å². The monoisotopic (exact) mass is 422 g/mol. The summed E-state index contributed by atoms with van der Waals surface area (Å²) in [5.41, 5.74) is 5.59. The Labute approximate surface area is 190 Å². The predicted molar refractivity (Wildman–Crippen MR) is 134 cm³/mol. The van der Waals surface area contributed by atoms with E-state index in [0.717, 1.165) is 27.7 Å². The number of fused-ring (bicyclic) bond motifs is 1. The Hall–Kier alpha value is -3.46. The van der Waals surface area contributed by atoms with Crippen LogP contribution >= 0.6 is 0 Å². The number of benzene rings is 3. The van der Waals surface area contributed by atoms with Crippen molar-refractivity contribution in [2.45, 2.75) is 45.4 Å². The normalized spacial score (nSPS) is 12.0. The molecular formula is C29H30N2O. The summed E-state index contributed by atoms with van der Waals surface area (Å²) in [6, 6.07) is 26.7. The van der Waals surface area contributed by atoms with Crippen molar-refractivity contribution >= 4 is 22.5 Å². The van der Waals surface area contributed by atoms with Gasteiger partial charge in [0.25, 0.3) is 0 Å². The van der Waals surface area contributed by atoms with Crippen LogP contribution in [0.5, 0.6) is 0 Å². The lowest BCUT2D eigenvalue weighted by atomic mass is 9.82. The summed E-state index contributed by atoms with van der Waals surface area (Å²) in [5.74, 6) is -0.0575. The van der Waals surface area contributed by atoms with Crippen molar-refractivity contribution in [3.05, 3.63) is 96.2 Å². The Bertz CT molecular complexity index is 1240. The van der Waals surface area contributed by atoms with Crippen LogP contribution in [0.15, 0.2) is 85.1 Å². The number of aromatic nitrogens is 1. The van der Waals surface area contributed by atoms with Gasteiger partial charge >= 0.3 is 0 Å². The van der Waals surface area contributed by atoms with Crippen LogP contribution in [0, 0.1) is 0 Å². The minimum absolute atomic E-state index is 0.0575. The molecule has 0 atom stereocenters. The maximum absolute atomic E-state index is 13.2. The minimum atomic E-state index is -0.689. The number of para-hydroxylation sites is 1. The van der Waals surface area contributed by atoms with Gasteiger partial charge in [0.2, 0.25) is 5.91 Å². The van der Waals surface area contributed by atoms with E-state index in [1.807, 2.05) is 56.3 Å². The van der Waals surface area contributed by atoms with Gasteiger partial charge in [0, 0.05) is 11.6 Å². The third-order valence-corrected chi connectivity index (χ3v) is 6.14. The Morgan fingerprint density at radius 1 is 0.719 bits per heavy atom. The van der Waals surface area contributed by atoms with Gasteiger partial charge in [-0.15, -0.1) is 0 Å². The van der Waals surface area contributed by atoms with E-state index in [1.165, 1.54) is 11.1 Å². The first-order chi connectivity index (χ1) is 15.2. The zero-order valence-electron chi connectivity index (χ0n) is 19.4. The number of hydrogen-bond acceptors (Lipinski definition) is 2. The molecule has 0 spiro atoms. The van der Waals surface area contributed by atoms with Crippen LogP contribution in [0.1, 0.15) is 45.7 Å². The van der Waals surface area contributed by atoms with Crippen LogP contribution in [-0.2, 0) is 15.6 Å². The lowest BCUT2D eigenvalue weighted by Gasteiger charge is -2.25. The molecule has 162 valence electrons. The molecule has 3 nitrogen and oxygen atoms in total. The van der Waals surface area contributed by atoms with Gasteiger partial charge in [-0.05, 0) is 53.6 Å². The fraction of sp³-hybridized carbons (Fsp3) is 0.241. The number of pyridine rings is 1. The van der Waals surface area contributed by atoms with Gasteiger partial charge < -0.3 is 5.32 Å². The minimum Gasteiger partial charge on any atom is -0.323 e. The molecule has 1 aromatic heterocycles. The molecule has 4 rings (SSSR count). The van der Waals surface area contributed by atoms with Crippen LogP contribution in [0.25, 0.3) is 22.0 Å². The summed E-state index contributed by atoms with van der Waals surface area (Å²) in [5, 5.41) is 4.09. The molecule has 0 bridgehead atoms. The van der Waals surface area contributed by atoms with E-state index in [0.29, 0.717) is 0 Å². The number of amides is 1. The predicted octanol–water partition coefficient (Wildman–Crippen LogP) is 7.12. The number of nitrogens with zero attached hydrogens (tertiary/aromatic N) is 1. The zero-order valence-corrected chi connectivity index (χ0v) is 19.4. The lowest BCUT2D eigenvalue weighted by molar-refractivity contribution is -0.120. The Kier molecular flexibility index (Phi) is 5.60. The molecule has 1 N–H and O–H groups in total. The summed E-state index contributed by atoms with van der Waals surface area (Å²) in [6.07, 6.45) is 1.75. The van der Waals surface area contributed by atoms with Crippen molar-refractivity contribution in [2.24, 2.45) is 0 Å². The number of carbonyl (C=O) groups is 1. The third kappa shape index (κ3) is 4.29. The van der Waals surface area contributed by atoms with Crippen molar-refractivity contribution < 1.29 is 4.79 Å². The van der Waals surface area contributed by atoms with E-state index in [4.69, 9.17) is 0 Å². The quantitative estimate of drug-likeness (QED) is 0.380. The van der Waals surface area contributed by atoms with Gasteiger partial charge in [-0.2, -0.15) is 0 Å². The van der Waals surface area contributed by atoms with Crippen LogP contribution in [0.2, 0.25) is 0 Å². The Morgan fingerprint density at radius 3 is 1.88 bits per heavy atom. The molecule has 4 aromatic rings. The molecule has 1 heterocycles. The second-order valence-corrected chi connectivity index (χ2v) is 9.86. The summed E-state index contributed by atoms with van der Waals surface area (Å²) >= 11 is 0. The first-order valence-corrected chi connectivity index (χ1v) is 11.0. The van der Waals surface area contributed by atoms with E-state index in [9.17, 15) is 4.79 Å². The van der Waals surface area contributed by atoms with Crippen LogP contribution in [0.3, 0.4) is 0 Å². The van der Waals surface area contributed by atoms with Gasteiger partial charge in [-0.3, -0.25) is 9.78 Å². The van der Waals surface area contributed by atoms with E-state index in [-0.39, 0.29) is 11.3 Å².